The van der Waals surface area contributed by atoms with Crippen LogP contribution in [0, 0.1) is 17.0 Å². The molecule has 1 aliphatic heterocycles. The van der Waals surface area contributed by atoms with Gasteiger partial charge in [0.25, 0.3) is 11.6 Å². The number of methoxy groups -OCH3 is 1. The normalized spacial score (nSPS) is 14.9. The highest BCUT2D eigenvalue weighted by Crippen LogP contribution is 2.23. The van der Waals surface area contributed by atoms with Crippen molar-refractivity contribution < 1.29 is 27.7 Å². The number of benzene rings is 2. The molecule has 1 aliphatic rings. The Morgan fingerprint density at radius 1 is 1.15 bits per heavy atom. The van der Waals surface area contributed by atoms with Gasteiger partial charge in [-0.1, -0.05) is 6.07 Å². The van der Waals surface area contributed by atoms with Gasteiger partial charge in [0.1, 0.15) is 5.75 Å². The van der Waals surface area contributed by atoms with Crippen LogP contribution in [0.5, 0.6) is 5.75 Å². The lowest BCUT2D eigenvalue weighted by Gasteiger charge is -2.31. The van der Waals surface area contributed by atoms with E-state index in [-0.39, 0.29) is 41.8 Å². The van der Waals surface area contributed by atoms with E-state index in [1.54, 1.807) is 19.1 Å². The Balaban J connectivity index is 1.48. The lowest BCUT2D eigenvalue weighted by molar-refractivity contribution is -0.385. The third-order valence-electron chi connectivity index (χ3n) is 5.59. The molecule has 0 saturated carbocycles. The van der Waals surface area contributed by atoms with Crippen molar-refractivity contribution in [2.75, 3.05) is 26.7 Å². The van der Waals surface area contributed by atoms with Crippen LogP contribution in [0.25, 0.3) is 0 Å². The van der Waals surface area contributed by atoms with Crippen molar-refractivity contribution in [3.05, 3.63) is 63.7 Å². The molecule has 12 heteroatoms. The fourth-order valence-corrected chi connectivity index (χ4v) is 5.10. The Morgan fingerprint density at radius 3 is 2.38 bits per heavy atom. The maximum atomic E-state index is 12.8. The molecule has 0 atom stereocenters. The summed E-state index contributed by atoms with van der Waals surface area (Å²) in [7, 11) is -2.14. The molecular weight excluding hydrogens is 464 g/mol. The van der Waals surface area contributed by atoms with Crippen LogP contribution < -0.4 is 15.4 Å². The van der Waals surface area contributed by atoms with Gasteiger partial charge in [0, 0.05) is 36.3 Å². The minimum Gasteiger partial charge on any atom is -0.497 e. The van der Waals surface area contributed by atoms with E-state index in [4.69, 9.17) is 4.74 Å². The molecule has 3 rings (SSSR count). The fourth-order valence-electron chi connectivity index (χ4n) is 3.63. The van der Waals surface area contributed by atoms with E-state index in [1.165, 1.54) is 41.7 Å². The zero-order valence-electron chi connectivity index (χ0n) is 18.8. The third kappa shape index (κ3) is 5.88. The summed E-state index contributed by atoms with van der Waals surface area (Å²) in [6, 6.07) is 10.0. The Hall–Kier alpha value is -3.51. The molecular formula is C22H26N4O7S. The van der Waals surface area contributed by atoms with Gasteiger partial charge in [-0.15, -0.1) is 0 Å². The number of hydrogen-bond acceptors (Lipinski definition) is 7. The lowest BCUT2D eigenvalue weighted by Crippen LogP contribution is -2.48. The van der Waals surface area contributed by atoms with Gasteiger partial charge in [0.15, 0.2) is 0 Å². The second-order valence-electron chi connectivity index (χ2n) is 7.86. The summed E-state index contributed by atoms with van der Waals surface area (Å²) in [6.07, 6.45) is 0.860. The second kappa shape index (κ2) is 10.6. The maximum Gasteiger partial charge on any atom is 0.273 e. The summed E-state index contributed by atoms with van der Waals surface area (Å²) in [5.41, 5.74) is 0.343. The number of nitro groups is 1. The van der Waals surface area contributed by atoms with Crippen molar-refractivity contribution in [2.24, 2.45) is 0 Å². The average molecular weight is 491 g/mol. The number of amides is 2. The van der Waals surface area contributed by atoms with Crippen LogP contribution in [-0.2, 0) is 14.8 Å². The number of rotatable bonds is 8. The number of nitrogens with one attached hydrogen (secondary N) is 2. The first-order valence-corrected chi connectivity index (χ1v) is 12.0. The van der Waals surface area contributed by atoms with E-state index in [2.05, 4.69) is 10.6 Å². The number of hydrogen-bond donors (Lipinski definition) is 2. The minimum atomic E-state index is -3.64. The molecule has 0 aromatic heterocycles. The van der Waals surface area contributed by atoms with Gasteiger partial charge in [-0.3, -0.25) is 19.7 Å². The van der Waals surface area contributed by atoms with E-state index >= 15 is 0 Å². The molecule has 0 bridgehead atoms. The number of carbonyl (C=O) groups is 2. The van der Waals surface area contributed by atoms with Crippen LogP contribution >= 0.6 is 0 Å². The number of nitro benzene ring substituents is 1. The number of aryl methyl sites for hydroxylation is 1. The highest BCUT2D eigenvalue weighted by molar-refractivity contribution is 7.89. The first-order chi connectivity index (χ1) is 16.1. The number of sulfonamides is 1. The summed E-state index contributed by atoms with van der Waals surface area (Å²) in [5.74, 6) is -0.460. The molecule has 1 heterocycles. The standard InChI is InChI=1S/C22H26N4O7S/c1-15-3-4-16(13-20(15)26(29)30)22(28)23-14-21(27)24-17-9-11-25(12-10-17)34(31,32)19-7-5-18(33-2)6-8-19/h3-8,13,17H,9-12,14H2,1-2H3,(H,23,28)(H,24,27). The lowest BCUT2D eigenvalue weighted by atomic mass is 10.1. The highest BCUT2D eigenvalue weighted by atomic mass is 32.2. The van der Waals surface area contributed by atoms with Crippen LogP contribution in [0.3, 0.4) is 0 Å². The molecule has 0 unspecified atom stereocenters. The maximum absolute atomic E-state index is 12.8. The molecule has 182 valence electrons. The Labute approximate surface area is 197 Å². The van der Waals surface area contributed by atoms with Crippen molar-refractivity contribution in [1.82, 2.24) is 14.9 Å². The largest absolute Gasteiger partial charge is 0.497 e. The summed E-state index contributed by atoms with van der Waals surface area (Å²) in [4.78, 5) is 35.2. The van der Waals surface area contributed by atoms with Crippen LogP contribution in [0.15, 0.2) is 47.4 Å². The van der Waals surface area contributed by atoms with E-state index in [0.717, 1.165) is 0 Å². The molecule has 2 aromatic rings. The number of nitrogens with zero attached hydrogens (tertiary/aromatic N) is 2. The summed E-state index contributed by atoms with van der Waals surface area (Å²) >= 11 is 0. The van der Waals surface area contributed by atoms with Crippen LogP contribution in [0.2, 0.25) is 0 Å². The van der Waals surface area contributed by atoms with Gasteiger partial charge in [-0.05, 0) is 50.1 Å². The van der Waals surface area contributed by atoms with Crippen LogP contribution in [-0.4, -0.2) is 62.2 Å². The van der Waals surface area contributed by atoms with E-state index < -0.39 is 26.8 Å². The number of piperidine rings is 1. The molecule has 0 spiro atoms. The Morgan fingerprint density at radius 2 is 1.79 bits per heavy atom. The van der Waals surface area contributed by atoms with Gasteiger partial charge in [-0.25, -0.2) is 8.42 Å². The van der Waals surface area contributed by atoms with Crippen molar-refractivity contribution in [3.8, 4) is 5.75 Å². The summed E-state index contributed by atoms with van der Waals surface area (Å²) < 4.78 is 32.1. The first kappa shape index (κ1) is 25.1. The predicted octanol–water partition coefficient (Wildman–Crippen LogP) is 1.61. The van der Waals surface area contributed by atoms with E-state index in [0.29, 0.717) is 24.2 Å². The Bertz CT molecular complexity index is 1170. The van der Waals surface area contributed by atoms with Gasteiger partial charge >= 0.3 is 0 Å². The van der Waals surface area contributed by atoms with Gasteiger partial charge in [-0.2, -0.15) is 4.31 Å². The van der Waals surface area contributed by atoms with Crippen molar-refractivity contribution in [1.29, 1.82) is 0 Å². The van der Waals surface area contributed by atoms with Crippen molar-refractivity contribution >= 4 is 27.5 Å². The van der Waals surface area contributed by atoms with Crippen LogP contribution in [0.4, 0.5) is 5.69 Å². The average Bonchev–Trinajstić information content (AvgIpc) is 2.83. The Kier molecular flexibility index (Phi) is 7.84. The first-order valence-electron chi connectivity index (χ1n) is 10.6. The molecule has 11 nitrogen and oxygen atoms in total. The molecule has 1 saturated heterocycles. The van der Waals surface area contributed by atoms with E-state index in [1.807, 2.05) is 0 Å². The monoisotopic (exact) mass is 490 g/mol. The van der Waals surface area contributed by atoms with Crippen LogP contribution in [0.1, 0.15) is 28.8 Å². The van der Waals surface area contributed by atoms with Crippen molar-refractivity contribution in [2.45, 2.75) is 30.7 Å². The van der Waals surface area contributed by atoms with Gasteiger partial charge < -0.3 is 15.4 Å². The molecule has 2 N–H and O–H groups in total. The minimum absolute atomic E-state index is 0.0853. The van der Waals surface area contributed by atoms with Gasteiger partial charge in [0.05, 0.1) is 23.5 Å². The SMILES string of the molecule is COc1ccc(S(=O)(=O)N2CCC(NC(=O)CNC(=O)c3ccc(C)c([N+](=O)[O-])c3)CC2)cc1. The van der Waals surface area contributed by atoms with E-state index in [9.17, 15) is 28.1 Å². The fraction of sp³-hybridized carbons (Fsp3) is 0.364. The third-order valence-corrected chi connectivity index (χ3v) is 7.51. The zero-order valence-corrected chi connectivity index (χ0v) is 19.6. The smallest absolute Gasteiger partial charge is 0.273 e. The summed E-state index contributed by atoms with van der Waals surface area (Å²) in [5, 5.41) is 16.3. The summed E-state index contributed by atoms with van der Waals surface area (Å²) in [6.45, 7) is 1.77. The predicted molar refractivity (Wildman–Crippen MR) is 123 cm³/mol. The quantitative estimate of drug-likeness (QED) is 0.422. The highest BCUT2D eigenvalue weighted by Gasteiger charge is 2.30. The molecule has 0 aliphatic carbocycles. The number of carbonyl (C=O) groups excluding carboxylic acids is 2. The second-order valence-corrected chi connectivity index (χ2v) is 9.80. The zero-order chi connectivity index (χ0) is 24.9. The number of ether oxygens (including phenoxy) is 1. The molecule has 2 amide bonds. The molecule has 1 fully saturated rings. The topological polar surface area (TPSA) is 148 Å². The van der Waals surface area contributed by atoms with Gasteiger partial charge in [0.2, 0.25) is 15.9 Å². The molecule has 2 aromatic carbocycles. The van der Waals surface area contributed by atoms with Crippen molar-refractivity contribution in [3.63, 3.8) is 0 Å². The molecule has 34 heavy (non-hydrogen) atoms. The molecule has 0 radical (unpaired) electrons.